The van der Waals surface area contributed by atoms with Crippen molar-refractivity contribution in [2.75, 3.05) is 41.7 Å². The molecule has 0 saturated carbocycles. The highest BCUT2D eigenvalue weighted by atomic mass is 15.3. The Hall–Kier alpha value is -1.59. The Morgan fingerprint density at radius 3 is 2.63 bits per heavy atom. The number of anilines is 3. The lowest BCUT2D eigenvalue weighted by Gasteiger charge is -2.31. The Morgan fingerprint density at radius 1 is 1.26 bits per heavy atom. The third-order valence-electron chi connectivity index (χ3n) is 3.62. The standard InChI is InChI=1S/C13H24N6/c1-4-18(5-2)12-15-11(14)16-13(17-12)19-8-6-7-10(3)9-19/h10H,4-9H2,1-3H3,(H2,14,15,16,17). The lowest BCUT2D eigenvalue weighted by molar-refractivity contribution is 0.442. The van der Waals surface area contributed by atoms with Crippen LogP contribution in [0, 0.1) is 5.92 Å². The van der Waals surface area contributed by atoms with E-state index in [2.05, 4.69) is 45.5 Å². The monoisotopic (exact) mass is 264 g/mol. The fraction of sp³-hybridized carbons (Fsp3) is 0.769. The maximum atomic E-state index is 5.83. The van der Waals surface area contributed by atoms with E-state index in [1.54, 1.807) is 0 Å². The molecular weight excluding hydrogens is 240 g/mol. The van der Waals surface area contributed by atoms with Gasteiger partial charge in [0.15, 0.2) is 0 Å². The minimum Gasteiger partial charge on any atom is -0.368 e. The van der Waals surface area contributed by atoms with E-state index >= 15 is 0 Å². The van der Waals surface area contributed by atoms with Crippen LogP contribution in [0.2, 0.25) is 0 Å². The second-order valence-electron chi connectivity index (χ2n) is 5.16. The summed E-state index contributed by atoms with van der Waals surface area (Å²) in [6.07, 6.45) is 2.47. The highest BCUT2D eigenvalue weighted by Gasteiger charge is 2.20. The average Bonchev–Trinajstić information content (AvgIpc) is 2.39. The summed E-state index contributed by atoms with van der Waals surface area (Å²) < 4.78 is 0. The smallest absolute Gasteiger partial charge is 0.231 e. The number of rotatable bonds is 4. The van der Waals surface area contributed by atoms with Gasteiger partial charge in [0.05, 0.1) is 0 Å². The van der Waals surface area contributed by atoms with Crippen molar-refractivity contribution < 1.29 is 0 Å². The molecule has 2 rings (SSSR count). The molecule has 1 aliphatic rings. The molecule has 1 aliphatic heterocycles. The molecule has 0 aromatic carbocycles. The normalized spacial score (nSPS) is 19.5. The van der Waals surface area contributed by atoms with Crippen molar-refractivity contribution in [2.45, 2.75) is 33.6 Å². The molecule has 0 spiro atoms. The molecule has 2 heterocycles. The van der Waals surface area contributed by atoms with E-state index < -0.39 is 0 Å². The summed E-state index contributed by atoms with van der Waals surface area (Å²) in [4.78, 5) is 17.4. The van der Waals surface area contributed by atoms with Crippen molar-refractivity contribution in [2.24, 2.45) is 5.92 Å². The van der Waals surface area contributed by atoms with Gasteiger partial charge in [0.2, 0.25) is 17.8 Å². The summed E-state index contributed by atoms with van der Waals surface area (Å²) in [5, 5.41) is 0. The molecular formula is C13H24N6. The van der Waals surface area contributed by atoms with Crippen LogP contribution in [-0.2, 0) is 0 Å². The second kappa shape index (κ2) is 6.04. The van der Waals surface area contributed by atoms with Crippen LogP contribution in [0.1, 0.15) is 33.6 Å². The first-order valence-electron chi connectivity index (χ1n) is 7.15. The number of hydrogen-bond acceptors (Lipinski definition) is 6. The van der Waals surface area contributed by atoms with Crippen molar-refractivity contribution >= 4 is 17.8 Å². The van der Waals surface area contributed by atoms with Gasteiger partial charge in [0.25, 0.3) is 0 Å². The predicted octanol–water partition coefficient (Wildman–Crippen LogP) is 1.54. The molecule has 1 fully saturated rings. The zero-order chi connectivity index (χ0) is 13.8. The zero-order valence-corrected chi connectivity index (χ0v) is 12.1. The summed E-state index contributed by atoms with van der Waals surface area (Å²) in [5.74, 6) is 2.40. The molecule has 2 N–H and O–H groups in total. The second-order valence-corrected chi connectivity index (χ2v) is 5.16. The van der Waals surface area contributed by atoms with E-state index in [1.165, 1.54) is 12.8 Å². The minimum atomic E-state index is 0.310. The first-order valence-corrected chi connectivity index (χ1v) is 7.15. The molecule has 0 radical (unpaired) electrons. The number of nitrogens with zero attached hydrogens (tertiary/aromatic N) is 5. The Balaban J connectivity index is 2.25. The molecule has 0 amide bonds. The van der Waals surface area contributed by atoms with E-state index in [0.717, 1.165) is 32.1 Å². The fourth-order valence-corrected chi connectivity index (χ4v) is 2.53. The molecule has 1 aromatic heterocycles. The molecule has 1 aromatic rings. The first kappa shape index (κ1) is 13.8. The van der Waals surface area contributed by atoms with Crippen molar-refractivity contribution in [3.63, 3.8) is 0 Å². The summed E-state index contributed by atoms with van der Waals surface area (Å²) in [5.41, 5.74) is 5.83. The Labute approximate surface area is 115 Å². The van der Waals surface area contributed by atoms with Crippen molar-refractivity contribution in [1.82, 2.24) is 15.0 Å². The van der Waals surface area contributed by atoms with Gasteiger partial charge in [-0.1, -0.05) is 6.92 Å². The maximum Gasteiger partial charge on any atom is 0.231 e. The third-order valence-corrected chi connectivity index (χ3v) is 3.62. The topological polar surface area (TPSA) is 71.2 Å². The summed E-state index contributed by atoms with van der Waals surface area (Å²) in [7, 11) is 0. The van der Waals surface area contributed by atoms with Crippen LogP contribution < -0.4 is 15.5 Å². The van der Waals surface area contributed by atoms with Crippen molar-refractivity contribution in [1.29, 1.82) is 0 Å². The number of nitrogen functional groups attached to an aromatic ring is 1. The zero-order valence-electron chi connectivity index (χ0n) is 12.1. The van der Waals surface area contributed by atoms with Crippen LogP contribution in [0.4, 0.5) is 17.8 Å². The Kier molecular flexibility index (Phi) is 4.39. The van der Waals surface area contributed by atoms with Crippen LogP contribution in [-0.4, -0.2) is 41.1 Å². The lowest BCUT2D eigenvalue weighted by atomic mass is 10.0. The van der Waals surface area contributed by atoms with Crippen molar-refractivity contribution in [3.05, 3.63) is 0 Å². The Morgan fingerprint density at radius 2 is 2.00 bits per heavy atom. The fourth-order valence-electron chi connectivity index (χ4n) is 2.53. The summed E-state index contributed by atoms with van der Waals surface area (Å²) in [6, 6.07) is 0. The van der Waals surface area contributed by atoms with Gasteiger partial charge in [-0.2, -0.15) is 15.0 Å². The van der Waals surface area contributed by atoms with Gasteiger partial charge in [0, 0.05) is 26.2 Å². The van der Waals surface area contributed by atoms with Gasteiger partial charge < -0.3 is 15.5 Å². The van der Waals surface area contributed by atoms with Crippen molar-refractivity contribution in [3.8, 4) is 0 Å². The first-order chi connectivity index (χ1) is 9.13. The Bertz CT molecular complexity index is 418. The summed E-state index contributed by atoms with van der Waals surface area (Å²) >= 11 is 0. The maximum absolute atomic E-state index is 5.83. The predicted molar refractivity (Wildman–Crippen MR) is 78.4 cm³/mol. The van der Waals surface area contributed by atoms with Crippen LogP contribution in [0.3, 0.4) is 0 Å². The summed E-state index contributed by atoms with van der Waals surface area (Å²) in [6.45, 7) is 10.2. The van der Waals surface area contributed by atoms with E-state index in [-0.39, 0.29) is 0 Å². The molecule has 106 valence electrons. The highest BCUT2D eigenvalue weighted by Crippen LogP contribution is 2.21. The van der Waals surface area contributed by atoms with E-state index in [4.69, 9.17) is 5.73 Å². The molecule has 0 bridgehead atoms. The number of nitrogens with two attached hydrogens (primary N) is 1. The van der Waals surface area contributed by atoms with Gasteiger partial charge in [-0.05, 0) is 32.6 Å². The van der Waals surface area contributed by atoms with Gasteiger partial charge in [-0.15, -0.1) is 0 Å². The van der Waals surface area contributed by atoms with Crippen LogP contribution in [0.25, 0.3) is 0 Å². The molecule has 19 heavy (non-hydrogen) atoms. The molecule has 1 saturated heterocycles. The largest absolute Gasteiger partial charge is 0.368 e. The minimum absolute atomic E-state index is 0.310. The highest BCUT2D eigenvalue weighted by molar-refractivity contribution is 5.43. The van der Waals surface area contributed by atoms with Gasteiger partial charge in [-0.25, -0.2) is 0 Å². The average molecular weight is 264 g/mol. The van der Waals surface area contributed by atoms with E-state index in [0.29, 0.717) is 17.8 Å². The molecule has 1 unspecified atom stereocenters. The number of piperidine rings is 1. The molecule has 0 aliphatic carbocycles. The van der Waals surface area contributed by atoms with Crippen LogP contribution >= 0.6 is 0 Å². The van der Waals surface area contributed by atoms with Gasteiger partial charge in [-0.3, -0.25) is 0 Å². The molecule has 6 heteroatoms. The SMILES string of the molecule is CCN(CC)c1nc(N)nc(N2CCCC(C)C2)n1. The quantitative estimate of drug-likeness (QED) is 0.889. The lowest BCUT2D eigenvalue weighted by Crippen LogP contribution is -2.36. The van der Waals surface area contributed by atoms with Crippen LogP contribution in [0.5, 0.6) is 0 Å². The van der Waals surface area contributed by atoms with Gasteiger partial charge >= 0.3 is 0 Å². The van der Waals surface area contributed by atoms with Crippen LogP contribution in [0.15, 0.2) is 0 Å². The molecule has 6 nitrogen and oxygen atoms in total. The van der Waals surface area contributed by atoms with E-state index in [9.17, 15) is 0 Å². The third kappa shape index (κ3) is 3.24. The van der Waals surface area contributed by atoms with E-state index in [1.807, 2.05) is 0 Å². The molecule has 1 atom stereocenters. The number of aromatic nitrogens is 3. The van der Waals surface area contributed by atoms with Gasteiger partial charge in [0.1, 0.15) is 0 Å². The number of hydrogen-bond donors (Lipinski definition) is 1.